The van der Waals surface area contributed by atoms with Crippen molar-refractivity contribution in [1.29, 1.82) is 0 Å². The number of sulfonamides is 1. The fourth-order valence-corrected chi connectivity index (χ4v) is 4.39. The molecular formula is C14H19NO5S. The fourth-order valence-electron chi connectivity index (χ4n) is 2.63. The van der Waals surface area contributed by atoms with Crippen LogP contribution in [0.1, 0.15) is 29.3 Å². The summed E-state index contributed by atoms with van der Waals surface area (Å²) >= 11 is 0. The molecule has 2 N–H and O–H groups in total. The van der Waals surface area contributed by atoms with Crippen LogP contribution in [0.25, 0.3) is 0 Å². The zero-order valence-corrected chi connectivity index (χ0v) is 12.8. The van der Waals surface area contributed by atoms with Crippen LogP contribution in [-0.4, -0.2) is 48.1 Å². The van der Waals surface area contributed by atoms with Gasteiger partial charge in [-0.3, -0.25) is 0 Å². The van der Waals surface area contributed by atoms with E-state index in [1.807, 2.05) is 0 Å². The summed E-state index contributed by atoms with van der Waals surface area (Å²) in [5.74, 6) is -1.23. The van der Waals surface area contributed by atoms with Gasteiger partial charge in [0.25, 0.3) is 0 Å². The Balaban J connectivity index is 2.38. The molecule has 0 saturated carbocycles. The summed E-state index contributed by atoms with van der Waals surface area (Å²) in [7, 11) is -3.73. The van der Waals surface area contributed by atoms with Crippen molar-refractivity contribution in [2.24, 2.45) is 5.92 Å². The molecule has 0 aliphatic carbocycles. The summed E-state index contributed by atoms with van der Waals surface area (Å²) in [6, 6.07) is 4.25. The van der Waals surface area contributed by atoms with Gasteiger partial charge in [-0.1, -0.05) is 6.07 Å². The highest BCUT2D eigenvalue weighted by atomic mass is 32.2. The van der Waals surface area contributed by atoms with E-state index in [0.29, 0.717) is 13.0 Å². The average Bonchev–Trinajstić information content (AvgIpc) is 2.88. The van der Waals surface area contributed by atoms with Gasteiger partial charge in [0.15, 0.2) is 0 Å². The molecule has 2 unspecified atom stereocenters. The second-order valence-corrected chi connectivity index (χ2v) is 7.29. The van der Waals surface area contributed by atoms with Crippen LogP contribution >= 0.6 is 0 Å². The van der Waals surface area contributed by atoms with Crippen LogP contribution in [0.2, 0.25) is 0 Å². The summed E-state index contributed by atoms with van der Waals surface area (Å²) in [5, 5.41) is 18.7. The number of aliphatic hydroxyl groups is 1. The number of carboxylic acid groups (broad SMARTS) is 1. The van der Waals surface area contributed by atoms with E-state index in [4.69, 9.17) is 5.11 Å². The SMILES string of the molecule is Cc1c(C(=O)O)cccc1S(=O)(=O)N1CCC(C(C)O)C1. The average molecular weight is 313 g/mol. The van der Waals surface area contributed by atoms with Gasteiger partial charge in [0.1, 0.15) is 0 Å². The van der Waals surface area contributed by atoms with Crippen molar-refractivity contribution in [1.82, 2.24) is 4.31 Å². The molecule has 7 heteroatoms. The Hall–Kier alpha value is -1.44. The van der Waals surface area contributed by atoms with Gasteiger partial charge in [-0.25, -0.2) is 13.2 Å². The summed E-state index contributed by atoms with van der Waals surface area (Å²) in [6.07, 6.45) is 0.0471. The first-order valence-corrected chi connectivity index (χ1v) is 8.20. The largest absolute Gasteiger partial charge is 0.478 e. The zero-order chi connectivity index (χ0) is 15.8. The third-order valence-corrected chi connectivity index (χ3v) is 6.01. The lowest BCUT2D eigenvalue weighted by Crippen LogP contribution is -2.31. The Kier molecular flexibility index (Phi) is 4.36. The number of benzene rings is 1. The lowest BCUT2D eigenvalue weighted by Gasteiger charge is -2.19. The first-order valence-electron chi connectivity index (χ1n) is 6.76. The van der Waals surface area contributed by atoms with E-state index in [1.54, 1.807) is 6.92 Å². The molecule has 1 aliphatic rings. The van der Waals surface area contributed by atoms with Crippen LogP contribution in [-0.2, 0) is 10.0 Å². The molecule has 0 radical (unpaired) electrons. The van der Waals surface area contributed by atoms with Gasteiger partial charge >= 0.3 is 5.97 Å². The first-order chi connectivity index (χ1) is 9.75. The van der Waals surface area contributed by atoms with Crippen LogP contribution in [0.3, 0.4) is 0 Å². The standard InChI is InChI=1S/C14H19NO5S/c1-9-12(14(17)18)4-3-5-13(9)21(19,20)15-7-6-11(8-15)10(2)16/h3-5,10-11,16H,6-8H2,1-2H3,(H,17,18). The van der Waals surface area contributed by atoms with Gasteiger partial charge in [-0.15, -0.1) is 0 Å². The van der Waals surface area contributed by atoms with Gasteiger partial charge in [0, 0.05) is 13.1 Å². The van der Waals surface area contributed by atoms with Crippen LogP contribution in [0.15, 0.2) is 23.1 Å². The van der Waals surface area contributed by atoms with Crippen molar-refractivity contribution in [2.75, 3.05) is 13.1 Å². The number of aromatic carboxylic acids is 1. The number of hydrogen-bond acceptors (Lipinski definition) is 4. The van der Waals surface area contributed by atoms with Crippen molar-refractivity contribution in [2.45, 2.75) is 31.3 Å². The van der Waals surface area contributed by atoms with E-state index >= 15 is 0 Å². The predicted molar refractivity (Wildman–Crippen MR) is 76.7 cm³/mol. The van der Waals surface area contributed by atoms with E-state index < -0.39 is 22.1 Å². The number of rotatable bonds is 4. The predicted octanol–water partition coefficient (Wildman–Crippen LogP) is 1.08. The minimum Gasteiger partial charge on any atom is -0.478 e. The monoisotopic (exact) mass is 313 g/mol. The number of aliphatic hydroxyl groups excluding tert-OH is 1. The smallest absolute Gasteiger partial charge is 0.335 e. The molecule has 0 amide bonds. The highest BCUT2D eigenvalue weighted by Crippen LogP contribution is 2.28. The van der Waals surface area contributed by atoms with Crippen LogP contribution < -0.4 is 0 Å². The van der Waals surface area contributed by atoms with Crippen molar-refractivity contribution in [3.8, 4) is 0 Å². The number of hydrogen-bond donors (Lipinski definition) is 2. The van der Waals surface area contributed by atoms with Gasteiger partial charge in [0.2, 0.25) is 10.0 Å². The molecule has 1 fully saturated rings. The number of carbonyl (C=O) groups is 1. The maximum absolute atomic E-state index is 12.6. The van der Waals surface area contributed by atoms with Gasteiger partial charge in [-0.05, 0) is 43.9 Å². The molecule has 2 rings (SSSR count). The number of carboxylic acids is 1. The zero-order valence-electron chi connectivity index (χ0n) is 12.0. The van der Waals surface area contributed by atoms with Gasteiger partial charge in [0.05, 0.1) is 16.6 Å². The molecule has 0 bridgehead atoms. The van der Waals surface area contributed by atoms with Crippen LogP contribution in [0.4, 0.5) is 0 Å². The maximum atomic E-state index is 12.6. The minimum absolute atomic E-state index is 0.0117. The molecule has 1 aliphatic heterocycles. The molecule has 0 aromatic heterocycles. The Morgan fingerprint density at radius 1 is 1.43 bits per heavy atom. The molecule has 6 nitrogen and oxygen atoms in total. The second-order valence-electron chi connectivity index (χ2n) is 5.39. The minimum atomic E-state index is -3.73. The van der Waals surface area contributed by atoms with Crippen molar-refractivity contribution in [3.05, 3.63) is 29.3 Å². The highest BCUT2D eigenvalue weighted by molar-refractivity contribution is 7.89. The first kappa shape index (κ1) is 15.9. The lowest BCUT2D eigenvalue weighted by molar-refractivity contribution is 0.0695. The molecule has 1 aromatic rings. The summed E-state index contributed by atoms with van der Waals surface area (Å²) in [4.78, 5) is 11.1. The van der Waals surface area contributed by atoms with E-state index in [9.17, 15) is 18.3 Å². The molecule has 116 valence electrons. The van der Waals surface area contributed by atoms with Crippen LogP contribution in [0, 0.1) is 12.8 Å². The van der Waals surface area contributed by atoms with E-state index in [0.717, 1.165) is 0 Å². The summed E-state index contributed by atoms with van der Waals surface area (Å²) < 4.78 is 26.6. The van der Waals surface area contributed by atoms with Gasteiger partial charge in [-0.2, -0.15) is 4.31 Å². The third-order valence-electron chi connectivity index (χ3n) is 4.00. The highest BCUT2D eigenvalue weighted by Gasteiger charge is 2.35. The maximum Gasteiger partial charge on any atom is 0.335 e. The molecule has 1 saturated heterocycles. The Morgan fingerprint density at radius 2 is 2.10 bits per heavy atom. The molecule has 0 spiro atoms. The normalized spacial score (nSPS) is 21.4. The number of nitrogens with zero attached hydrogens (tertiary/aromatic N) is 1. The molecule has 1 aromatic carbocycles. The lowest BCUT2D eigenvalue weighted by atomic mass is 10.0. The van der Waals surface area contributed by atoms with Crippen LogP contribution in [0.5, 0.6) is 0 Å². The molecule has 1 heterocycles. The second kappa shape index (κ2) is 5.75. The quantitative estimate of drug-likeness (QED) is 0.867. The van der Waals surface area contributed by atoms with E-state index in [-0.39, 0.29) is 28.5 Å². The summed E-state index contributed by atoms with van der Waals surface area (Å²) in [5.41, 5.74) is 0.229. The molecule has 2 atom stereocenters. The van der Waals surface area contributed by atoms with Gasteiger partial charge < -0.3 is 10.2 Å². The topological polar surface area (TPSA) is 94.9 Å². The summed E-state index contributed by atoms with van der Waals surface area (Å²) in [6.45, 7) is 3.75. The van der Waals surface area contributed by atoms with Crippen molar-refractivity contribution >= 4 is 16.0 Å². The third kappa shape index (κ3) is 2.95. The molecule has 21 heavy (non-hydrogen) atoms. The Labute approximate surface area is 124 Å². The van der Waals surface area contributed by atoms with Crippen molar-refractivity contribution < 1.29 is 23.4 Å². The van der Waals surface area contributed by atoms with Crippen molar-refractivity contribution in [3.63, 3.8) is 0 Å². The fraction of sp³-hybridized carbons (Fsp3) is 0.500. The Bertz CT molecular complexity index is 653. The Morgan fingerprint density at radius 3 is 2.62 bits per heavy atom. The van der Waals surface area contributed by atoms with E-state index in [1.165, 1.54) is 29.4 Å². The molecular weight excluding hydrogens is 294 g/mol. The van der Waals surface area contributed by atoms with E-state index in [2.05, 4.69) is 0 Å².